The number of amides is 1. The third kappa shape index (κ3) is 6.97. The molecule has 0 saturated heterocycles. The summed E-state index contributed by atoms with van der Waals surface area (Å²) in [5, 5.41) is 4.54. The van der Waals surface area contributed by atoms with Gasteiger partial charge in [-0.05, 0) is 69.5 Å². The van der Waals surface area contributed by atoms with Crippen LogP contribution in [0.4, 0.5) is 0 Å². The highest BCUT2D eigenvalue weighted by atomic mass is 79.9. The Balaban J connectivity index is 1.91. The molecule has 1 aromatic heterocycles. The lowest BCUT2D eigenvalue weighted by Crippen LogP contribution is -2.19. The SMILES string of the molecule is C#CCOc1c(Br)cc(/C=N\NC(=O)CSc2nc(C)cc(C)n2)cc1Br. The van der Waals surface area contributed by atoms with E-state index in [-0.39, 0.29) is 18.3 Å². The number of rotatable bonds is 7. The van der Waals surface area contributed by atoms with Crippen molar-refractivity contribution in [2.24, 2.45) is 5.10 Å². The number of hydrogen-bond acceptors (Lipinski definition) is 6. The zero-order valence-electron chi connectivity index (χ0n) is 14.6. The molecular formula is C18H16Br2N4O2S. The topological polar surface area (TPSA) is 76.5 Å². The van der Waals surface area contributed by atoms with Crippen molar-refractivity contribution in [1.29, 1.82) is 0 Å². The van der Waals surface area contributed by atoms with Crippen molar-refractivity contribution < 1.29 is 9.53 Å². The Bertz CT molecular complexity index is 869. The van der Waals surface area contributed by atoms with Gasteiger partial charge in [0.2, 0.25) is 0 Å². The van der Waals surface area contributed by atoms with Gasteiger partial charge in [-0.2, -0.15) is 5.10 Å². The number of terminal acetylenes is 1. The number of aromatic nitrogens is 2. The summed E-state index contributed by atoms with van der Waals surface area (Å²) in [7, 11) is 0. The van der Waals surface area contributed by atoms with Gasteiger partial charge in [-0.1, -0.05) is 17.7 Å². The number of nitrogens with zero attached hydrogens (tertiary/aromatic N) is 3. The third-order valence-corrected chi connectivity index (χ3v) is 5.04. The zero-order valence-corrected chi connectivity index (χ0v) is 18.6. The van der Waals surface area contributed by atoms with Gasteiger partial charge >= 0.3 is 0 Å². The lowest BCUT2D eigenvalue weighted by atomic mass is 10.2. The van der Waals surface area contributed by atoms with E-state index < -0.39 is 0 Å². The van der Waals surface area contributed by atoms with Gasteiger partial charge in [0.25, 0.3) is 5.91 Å². The fraction of sp³-hybridized carbons (Fsp3) is 0.222. The molecule has 1 heterocycles. The lowest BCUT2D eigenvalue weighted by Gasteiger charge is -2.08. The molecule has 2 aromatic rings. The van der Waals surface area contributed by atoms with Crippen molar-refractivity contribution >= 4 is 55.7 Å². The van der Waals surface area contributed by atoms with Gasteiger partial charge < -0.3 is 4.74 Å². The van der Waals surface area contributed by atoms with Crippen LogP contribution in [0.1, 0.15) is 17.0 Å². The van der Waals surface area contributed by atoms with Crippen LogP contribution in [-0.4, -0.2) is 34.4 Å². The largest absolute Gasteiger partial charge is 0.479 e. The molecule has 0 aliphatic heterocycles. The number of ether oxygens (including phenoxy) is 1. The van der Waals surface area contributed by atoms with Crippen molar-refractivity contribution in [3.05, 3.63) is 44.1 Å². The molecule has 9 heteroatoms. The number of thioether (sulfide) groups is 1. The summed E-state index contributed by atoms with van der Waals surface area (Å²) in [6, 6.07) is 5.50. The summed E-state index contributed by atoms with van der Waals surface area (Å²) < 4.78 is 6.90. The van der Waals surface area contributed by atoms with Crippen molar-refractivity contribution in [1.82, 2.24) is 15.4 Å². The zero-order chi connectivity index (χ0) is 19.8. The van der Waals surface area contributed by atoms with Crippen LogP contribution in [-0.2, 0) is 4.79 Å². The van der Waals surface area contributed by atoms with E-state index in [0.29, 0.717) is 10.9 Å². The number of carbonyl (C=O) groups excluding carboxylic acids is 1. The minimum absolute atomic E-state index is 0.169. The Morgan fingerprint density at radius 3 is 2.52 bits per heavy atom. The predicted molar refractivity (Wildman–Crippen MR) is 114 cm³/mol. The second-order valence-electron chi connectivity index (χ2n) is 5.32. The first-order valence-corrected chi connectivity index (χ1v) is 10.3. The van der Waals surface area contributed by atoms with E-state index in [1.807, 2.05) is 32.0 Å². The molecule has 2 rings (SSSR count). The molecule has 1 amide bonds. The molecule has 0 aliphatic rings. The van der Waals surface area contributed by atoms with Crippen LogP contribution in [0.2, 0.25) is 0 Å². The fourth-order valence-electron chi connectivity index (χ4n) is 2.01. The maximum Gasteiger partial charge on any atom is 0.250 e. The number of hydrogen-bond donors (Lipinski definition) is 1. The number of halogens is 2. The van der Waals surface area contributed by atoms with E-state index in [0.717, 1.165) is 25.9 Å². The minimum atomic E-state index is -0.244. The minimum Gasteiger partial charge on any atom is -0.479 e. The highest BCUT2D eigenvalue weighted by Gasteiger charge is 2.08. The quantitative estimate of drug-likeness (QED) is 0.201. The van der Waals surface area contributed by atoms with Crippen LogP contribution in [0, 0.1) is 26.2 Å². The maximum absolute atomic E-state index is 11.9. The number of nitrogens with one attached hydrogen (secondary N) is 1. The highest BCUT2D eigenvalue weighted by molar-refractivity contribution is 9.11. The monoisotopic (exact) mass is 510 g/mol. The normalized spacial score (nSPS) is 10.6. The fourth-order valence-corrected chi connectivity index (χ4v) is 4.20. The van der Waals surface area contributed by atoms with Gasteiger partial charge in [0.05, 0.1) is 20.9 Å². The van der Waals surface area contributed by atoms with E-state index >= 15 is 0 Å². The first kappa shape index (κ1) is 21.4. The van der Waals surface area contributed by atoms with Crippen molar-refractivity contribution in [3.63, 3.8) is 0 Å². The molecule has 0 aliphatic carbocycles. The molecule has 1 aromatic carbocycles. The van der Waals surface area contributed by atoms with Crippen LogP contribution < -0.4 is 10.2 Å². The van der Waals surface area contributed by atoms with Crippen LogP contribution in [0.3, 0.4) is 0 Å². The maximum atomic E-state index is 11.9. The van der Waals surface area contributed by atoms with Gasteiger partial charge in [0, 0.05) is 11.4 Å². The summed E-state index contributed by atoms with van der Waals surface area (Å²) in [5.74, 6) is 2.95. The Hall–Kier alpha value is -1.89. The third-order valence-electron chi connectivity index (χ3n) is 3.02. The summed E-state index contributed by atoms with van der Waals surface area (Å²) in [6.07, 6.45) is 6.74. The first-order valence-electron chi connectivity index (χ1n) is 7.71. The average molecular weight is 512 g/mol. The second-order valence-corrected chi connectivity index (χ2v) is 7.97. The lowest BCUT2D eigenvalue weighted by molar-refractivity contribution is -0.118. The summed E-state index contributed by atoms with van der Waals surface area (Å²) in [5.41, 5.74) is 4.99. The summed E-state index contributed by atoms with van der Waals surface area (Å²) in [4.78, 5) is 20.5. The molecule has 0 bridgehead atoms. The van der Waals surface area contributed by atoms with E-state index in [9.17, 15) is 4.79 Å². The molecule has 0 fully saturated rings. The Morgan fingerprint density at radius 1 is 1.30 bits per heavy atom. The van der Waals surface area contributed by atoms with Gasteiger partial charge in [-0.25, -0.2) is 15.4 Å². The van der Waals surface area contributed by atoms with Crippen LogP contribution in [0.25, 0.3) is 0 Å². The van der Waals surface area contributed by atoms with Crippen molar-refractivity contribution in [3.8, 4) is 18.1 Å². The molecule has 0 radical (unpaired) electrons. The molecule has 0 spiro atoms. The predicted octanol–water partition coefficient (Wildman–Crippen LogP) is 3.87. The molecule has 0 atom stereocenters. The summed E-state index contributed by atoms with van der Waals surface area (Å²) in [6.45, 7) is 3.95. The van der Waals surface area contributed by atoms with E-state index in [1.165, 1.54) is 18.0 Å². The van der Waals surface area contributed by atoms with Gasteiger partial charge in [0.15, 0.2) is 5.16 Å². The second kappa shape index (κ2) is 10.4. The van der Waals surface area contributed by atoms with Gasteiger partial charge in [-0.3, -0.25) is 4.79 Å². The molecular weight excluding hydrogens is 496 g/mol. The van der Waals surface area contributed by atoms with Gasteiger partial charge in [-0.15, -0.1) is 6.42 Å². The summed E-state index contributed by atoms with van der Waals surface area (Å²) >= 11 is 8.10. The average Bonchev–Trinajstić information content (AvgIpc) is 2.58. The van der Waals surface area contributed by atoms with Crippen molar-refractivity contribution in [2.45, 2.75) is 19.0 Å². The standard InChI is InChI=1S/C18H16Br2N4O2S/c1-4-5-26-17-14(19)7-13(8-15(17)20)9-21-24-16(25)10-27-18-22-11(2)6-12(3)23-18/h1,6-9H,5,10H2,2-3H3,(H,24,25)/b21-9-. The van der Waals surface area contributed by atoms with E-state index in [1.54, 1.807) is 0 Å². The van der Waals surface area contributed by atoms with Crippen molar-refractivity contribution in [2.75, 3.05) is 12.4 Å². The smallest absolute Gasteiger partial charge is 0.250 e. The highest BCUT2D eigenvalue weighted by Crippen LogP contribution is 2.34. The van der Waals surface area contributed by atoms with E-state index in [4.69, 9.17) is 11.2 Å². The van der Waals surface area contributed by atoms with E-state index in [2.05, 4.69) is 58.3 Å². The van der Waals surface area contributed by atoms with Crippen LogP contribution >= 0.6 is 43.6 Å². The molecule has 1 N–H and O–H groups in total. The number of carbonyl (C=O) groups is 1. The van der Waals surface area contributed by atoms with Crippen LogP contribution in [0.5, 0.6) is 5.75 Å². The number of aryl methyl sites for hydroxylation is 2. The molecule has 0 saturated carbocycles. The molecule has 0 unspecified atom stereocenters. The molecule has 27 heavy (non-hydrogen) atoms. The first-order chi connectivity index (χ1) is 12.9. The molecule has 6 nitrogen and oxygen atoms in total. The Kier molecular flexibility index (Phi) is 8.28. The Labute approximate surface area is 178 Å². The van der Waals surface area contributed by atoms with Gasteiger partial charge in [0.1, 0.15) is 12.4 Å². The van der Waals surface area contributed by atoms with Crippen LogP contribution in [0.15, 0.2) is 37.4 Å². The number of hydrazone groups is 1. The number of benzene rings is 1. The Morgan fingerprint density at radius 2 is 1.93 bits per heavy atom. The molecule has 140 valence electrons.